The van der Waals surface area contributed by atoms with E-state index in [0.717, 1.165) is 0 Å². The van der Waals surface area contributed by atoms with Crippen molar-refractivity contribution in [3.05, 3.63) is 52.6 Å². The summed E-state index contributed by atoms with van der Waals surface area (Å²) in [7, 11) is 0. The molecule has 90 valence electrons. The molecule has 0 saturated heterocycles. The smallest absolute Gasteiger partial charge is 0.315 e. The second kappa shape index (κ2) is 6.42. The van der Waals surface area contributed by atoms with Crippen molar-refractivity contribution in [3.8, 4) is 5.75 Å². The van der Waals surface area contributed by atoms with Crippen LogP contribution >= 0.6 is 0 Å². The first-order chi connectivity index (χ1) is 8.09. The van der Waals surface area contributed by atoms with Crippen LogP contribution in [0.5, 0.6) is 5.75 Å². The molecule has 5 heteroatoms. The van der Waals surface area contributed by atoms with E-state index < -0.39 is 16.9 Å². The van der Waals surface area contributed by atoms with E-state index >= 15 is 0 Å². The summed E-state index contributed by atoms with van der Waals surface area (Å²) in [4.78, 5) is 21.2. The number of rotatable bonds is 5. The molecule has 0 aromatic heterocycles. The Morgan fingerprint density at radius 1 is 1.47 bits per heavy atom. The molecule has 0 radical (unpaired) electrons. The van der Waals surface area contributed by atoms with Crippen molar-refractivity contribution in [1.29, 1.82) is 0 Å². The molecule has 17 heavy (non-hydrogen) atoms. The molecule has 0 aliphatic rings. The van der Waals surface area contributed by atoms with Crippen LogP contribution in [0.3, 0.4) is 0 Å². The molecule has 0 aliphatic heterocycles. The van der Waals surface area contributed by atoms with Gasteiger partial charge in [-0.05, 0) is 18.2 Å². The summed E-state index contributed by atoms with van der Waals surface area (Å²) in [6.45, 7) is 1.44. The van der Waals surface area contributed by atoms with Gasteiger partial charge in [0, 0.05) is 11.8 Å². The van der Waals surface area contributed by atoms with Gasteiger partial charge in [-0.15, -0.1) is 0 Å². The van der Waals surface area contributed by atoms with Crippen LogP contribution in [-0.2, 0) is 4.79 Å². The first-order valence-electron chi connectivity index (χ1n) is 5.15. The van der Waals surface area contributed by atoms with E-state index in [4.69, 9.17) is 4.74 Å². The normalized spacial score (nSPS) is 12.3. The molecule has 1 aromatic carbocycles. The van der Waals surface area contributed by atoms with Crippen LogP contribution in [0, 0.1) is 10.1 Å². The third kappa shape index (κ3) is 4.92. The summed E-state index contributed by atoms with van der Waals surface area (Å²) in [5, 5.41) is 10.3. The lowest BCUT2D eigenvalue weighted by Gasteiger charge is -2.01. The molecule has 0 fully saturated rings. The Morgan fingerprint density at radius 2 is 2.12 bits per heavy atom. The predicted molar refractivity (Wildman–Crippen MR) is 62.3 cm³/mol. The number of nitro groups is 1. The molecule has 0 amide bonds. The topological polar surface area (TPSA) is 69.4 Å². The lowest BCUT2D eigenvalue weighted by molar-refractivity contribution is -0.504. The van der Waals surface area contributed by atoms with Gasteiger partial charge in [0.05, 0.1) is 6.42 Å². The Labute approximate surface area is 98.9 Å². The zero-order chi connectivity index (χ0) is 12.7. The summed E-state index contributed by atoms with van der Waals surface area (Å²) in [6, 6.07) is 7.87. The quantitative estimate of drug-likeness (QED) is 0.258. The maximum atomic E-state index is 11.3. The van der Waals surface area contributed by atoms with Crippen molar-refractivity contribution in [2.75, 3.05) is 0 Å². The summed E-state index contributed by atoms with van der Waals surface area (Å²) in [6.07, 6.45) is 2.83. The van der Waals surface area contributed by atoms with Gasteiger partial charge in [0.2, 0.25) is 6.04 Å². The largest absolute Gasteiger partial charge is 0.426 e. The van der Waals surface area contributed by atoms with Gasteiger partial charge in [-0.1, -0.05) is 24.3 Å². The first-order valence-corrected chi connectivity index (χ1v) is 5.15. The minimum absolute atomic E-state index is 0.0209. The molecule has 0 saturated carbocycles. The average molecular weight is 235 g/mol. The molecule has 0 bridgehead atoms. The van der Waals surface area contributed by atoms with Gasteiger partial charge in [-0.25, -0.2) is 0 Å². The van der Waals surface area contributed by atoms with Gasteiger partial charge in [0.15, 0.2) is 0 Å². The Hall–Kier alpha value is -2.17. The fourth-order valence-corrected chi connectivity index (χ4v) is 1.09. The third-order valence-electron chi connectivity index (χ3n) is 2.01. The summed E-state index contributed by atoms with van der Waals surface area (Å²) in [5.41, 5.74) is 0. The van der Waals surface area contributed by atoms with Gasteiger partial charge in [0.1, 0.15) is 5.75 Å². The van der Waals surface area contributed by atoms with Gasteiger partial charge in [-0.3, -0.25) is 14.9 Å². The van der Waals surface area contributed by atoms with Crippen molar-refractivity contribution in [3.63, 3.8) is 0 Å². The highest BCUT2D eigenvalue weighted by Gasteiger charge is 2.07. The Kier molecular flexibility index (Phi) is 4.87. The SMILES string of the molecule is CC(/C=C/CC(=O)Oc1ccccc1)[N+](=O)[O-]. The van der Waals surface area contributed by atoms with Gasteiger partial charge in [-0.2, -0.15) is 0 Å². The highest BCUT2D eigenvalue weighted by atomic mass is 16.6. The maximum Gasteiger partial charge on any atom is 0.315 e. The van der Waals surface area contributed by atoms with E-state index in [2.05, 4.69) is 0 Å². The first kappa shape index (κ1) is 12.9. The minimum atomic E-state index is -0.792. The fraction of sp³-hybridized carbons (Fsp3) is 0.250. The second-order valence-electron chi connectivity index (χ2n) is 3.45. The number of esters is 1. The lowest BCUT2D eigenvalue weighted by Crippen LogP contribution is -2.12. The van der Waals surface area contributed by atoms with Crippen LogP contribution in [0.2, 0.25) is 0 Å². The zero-order valence-electron chi connectivity index (χ0n) is 9.41. The number of hydrogen-bond acceptors (Lipinski definition) is 4. The van der Waals surface area contributed by atoms with Crippen LogP contribution in [0.4, 0.5) is 0 Å². The molecule has 1 atom stereocenters. The molecular weight excluding hydrogens is 222 g/mol. The molecule has 1 rings (SSSR count). The van der Waals surface area contributed by atoms with Gasteiger partial charge >= 0.3 is 5.97 Å². The van der Waals surface area contributed by atoms with Crippen LogP contribution in [-0.4, -0.2) is 16.9 Å². The average Bonchev–Trinajstić information content (AvgIpc) is 2.30. The van der Waals surface area contributed by atoms with E-state index in [1.165, 1.54) is 19.1 Å². The number of nitrogens with zero attached hydrogens (tertiary/aromatic N) is 1. The molecule has 0 heterocycles. The number of para-hydroxylation sites is 1. The zero-order valence-corrected chi connectivity index (χ0v) is 9.41. The molecule has 0 N–H and O–H groups in total. The van der Waals surface area contributed by atoms with E-state index in [0.29, 0.717) is 5.75 Å². The summed E-state index contributed by atoms with van der Waals surface area (Å²) >= 11 is 0. The number of benzene rings is 1. The maximum absolute atomic E-state index is 11.3. The standard InChI is InChI=1S/C12H13NO4/c1-10(13(15)16)6-5-9-12(14)17-11-7-3-2-4-8-11/h2-8,10H,9H2,1H3/b6-5+. The Bertz CT molecular complexity index is 414. The summed E-state index contributed by atoms with van der Waals surface area (Å²) < 4.78 is 5.00. The van der Waals surface area contributed by atoms with Crippen molar-refractivity contribution >= 4 is 5.97 Å². The van der Waals surface area contributed by atoms with Crippen molar-refractivity contribution < 1.29 is 14.5 Å². The van der Waals surface area contributed by atoms with Crippen LogP contribution in [0.1, 0.15) is 13.3 Å². The fourth-order valence-electron chi connectivity index (χ4n) is 1.09. The Balaban J connectivity index is 2.38. The van der Waals surface area contributed by atoms with E-state index in [9.17, 15) is 14.9 Å². The molecule has 1 unspecified atom stereocenters. The molecular formula is C12H13NO4. The van der Waals surface area contributed by atoms with Crippen molar-refractivity contribution in [2.45, 2.75) is 19.4 Å². The summed E-state index contributed by atoms with van der Waals surface area (Å²) in [5.74, 6) is 0.0243. The number of ether oxygens (including phenoxy) is 1. The molecule has 0 spiro atoms. The van der Waals surface area contributed by atoms with Crippen LogP contribution in [0.25, 0.3) is 0 Å². The minimum Gasteiger partial charge on any atom is -0.426 e. The van der Waals surface area contributed by atoms with Crippen LogP contribution < -0.4 is 4.74 Å². The third-order valence-corrected chi connectivity index (χ3v) is 2.01. The number of hydrogen-bond donors (Lipinski definition) is 0. The van der Waals surface area contributed by atoms with E-state index in [1.54, 1.807) is 24.3 Å². The number of carbonyl (C=O) groups is 1. The molecule has 5 nitrogen and oxygen atoms in total. The van der Waals surface area contributed by atoms with Crippen molar-refractivity contribution in [2.24, 2.45) is 0 Å². The van der Waals surface area contributed by atoms with E-state index in [-0.39, 0.29) is 6.42 Å². The van der Waals surface area contributed by atoms with E-state index in [1.807, 2.05) is 6.07 Å². The Morgan fingerprint density at radius 3 is 2.71 bits per heavy atom. The van der Waals surface area contributed by atoms with Crippen molar-refractivity contribution in [1.82, 2.24) is 0 Å². The van der Waals surface area contributed by atoms with Gasteiger partial charge < -0.3 is 4.74 Å². The lowest BCUT2D eigenvalue weighted by atomic mass is 10.3. The predicted octanol–water partition coefficient (Wildman–Crippen LogP) is 2.20. The monoisotopic (exact) mass is 235 g/mol. The highest BCUT2D eigenvalue weighted by Crippen LogP contribution is 2.09. The highest BCUT2D eigenvalue weighted by molar-refractivity contribution is 5.73. The molecule has 1 aromatic rings. The van der Waals surface area contributed by atoms with Gasteiger partial charge in [0.25, 0.3) is 0 Å². The molecule has 0 aliphatic carbocycles. The number of carbonyl (C=O) groups excluding carboxylic acids is 1. The van der Waals surface area contributed by atoms with Crippen LogP contribution in [0.15, 0.2) is 42.5 Å². The second-order valence-corrected chi connectivity index (χ2v) is 3.45.